The van der Waals surface area contributed by atoms with Crippen molar-refractivity contribution < 1.29 is 9.66 Å². The van der Waals surface area contributed by atoms with E-state index in [0.717, 1.165) is 24.5 Å². The molecule has 0 saturated carbocycles. The van der Waals surface area contributed by atoms with Gasteiger partial charge in [0.2, 0.25) is 0 Å². The van der Waals surface area contributed by atoms with Gasteiger partial charge in [0.15, 0.2) is 0 Å². The molecule has 1 aromatic carbocycles. The molecule has 1 aliphatic rings. The average molecular weight is 459 g/mol. The second-order valence-electron chi connectivity index (χ2n) is 7.68. The van der Waals surface area contributed by atoms with Gasteiger partial charge in [0.25, 0.3) is 11.2 Å². The Morgan fingerprint density at radius 2 is 1.82 bits per heavy atom. The third-order valence-corrected chi connectivity index (χ3v) is 5.48. The third kappa shape index (κ3) is 4.50. The van der Waals surface area contributed by atoms with Gasteiger partial charge in [0.05, 0.1) is 23.5 Å². The number of anilines is 5. The molecule has 0 amide bonds. The molecule has 3 aromatic heterocycles. The van der Waals surface area contributed by atoms with Crippen LogP contribution in [0.5, 0.6) is 0 Å². The molecule has 0 bridgehead atoms. The van der Waals surface area contributed by atoms with Crippen LogP contribution in [0.3, 0.4) is 0 Å². The number of aromatic amines is 1. The number of fused-ring (bicyclic) bond motifs is 1. The van der Waals surface area contributed by atoms with Gasteiger partial charge in [-0.25, -0.2) is 9.97 Å². The van der Waals surface area contributed by atoms with Crippen LogP contribution >= 0.6 is 0 Å². The summed E-state index contributed by atoms with van der Waals surface area (Å²) in [5, 5.41) is 18.2. The highest BCUT2D eigenvalue weighted by molar-refractivity contribution is 5.94. The number of hydrogen-bond donors (Lipinski definition) is 3. The Hall–Kier alpha value is -4.51. The smallest absolute Gasteiger partial charge is 0.287 e. The van der Waals surface area contributed by atoms with Crippen LogP contribution in [-0.2, 0) is 4.74 Å². The molecular formula is C23H21N7O4. The van der Waals surface area contributed by atoms with Crippen LogP contribution in [0.1, 0.15) is 0 Å². The fraction of sp³-hybridized carbons (Fsp3) is 0.174. The minimum Gasteiger partial charge on any atom is -0.378 e. The summed E-state index contributed by atoms with van der Waals surface area (Å²) in [4.78, 5) is 36.5. The molecule has 34 heavy (non-hydrogen) atoms. The van der Waals surface area contributed by atoms with E-state index in [1.807, 2.05) is 24.3 Å². The van der Waals surface area contributed by atoms with Crippen LogP contribution in [0.15, 0.2) is 65.7 Å². The lowest BCUT2D eigenvalue weighted by atomic mass is 10.2. The van der Waals surface area contributed by atoms with E-state index in [9.17, 15) is 14.9 Å². The molecular weight excluding hydrogens is 438 g/mol. The van der Waals surface area contributed by atoms with Crippen molar-refractivity contribution in [2.45, 2.75) is 0 Å². The zero-order valence-corrected chi connectivity index (χ0v) is 18.0. The number of H-pyrrole nitrogens is 1. The van der Waals surface area contributed by atoms with Crippen LogP contribution in [-0.4, -0.2) is 46.2 Å². The average Bonchev–Trinajstić information content (AvgIpc) is 2.85. The van der Waals surface area contributed by atoms with Crippen molar-refractivity contribution in [1.29, 1.82) is 0 Å². The number of rotatable bonds is 6. The summed E-state index contributed by atoms with van der Waals surface area (Å²) in [5.41, 5.74) is 1.51. The number of ether oxygens (including phenoxy) is 1. The van der Waals surface area contributed by atoms with Crippen molar-refractivity contribution in [3.63, 3.8) is 0 Å². The topological polar surface area (TPSA) is 138 Å². The number of nitrogens with one attached hydrogen (secondary N) is 3. The van der Waals surface area contributed by atoms with Crippen molar-refractivity contribution in [2.75, 3.05) is 41.8 Å². The molecule has 11 nitrogen and oxygen atoms in total. The molecule has 172 valence electrons. The summed E-state index contributed by atoms with van der Waals surface area (Å²) in [5.74, 6) is 1.21. The Bertz CT molecular complexity index is 1380. The third-order valence-electron chi connectivity index (χ3n) is 5.48. The summed E-state index contributed by atoms with van der Waals surface area (Å²) in [7, 11) is 0. The summed E-state index contributed by atoms with van der Waals surface area (Å²) in [6.45, 7) is 3.11. The van der Waals surface area contributed by atoms with E-state index in [1.54, 1.807) is 18.3 Å². The van der Waals surface area contributed by atoms with Gasteiger partial charge in [-0.15, -0.1) is 0 Å². The molecule has 0 atom stereocenters. The molecule has 11 heteroatoms. The molecule has 0 radical (unpaired) electrons. The van der Waals surface area contributed by atoms with E-state index in [0.29, 0.717) is 41.4 Å². The molecule has 4 aromatic rings. The number of benzene rings is 1. The minimum absolute atomic E-state index is 0.105. The second-order valence-corrected chi connectivity index (χ2v) is 7.68. The largest absolute Gasteiger partial charge is 0.378 e. The zero-order chi connectivity index (χ0) is 23.5. The molecule has 1 saturated heterocycles. The highest BCUT2D eigenvalue weighted by atomic mass is 16.6. The molecule has 0 spiro atoms. The fourth-order valence-electron chi connectivity index (χ4n) is 3.78. The molecule has 4 heterocycles. The van der Waals surface area contributed by atoms with E-state index in [-0.39, 0.29) is 11.2 Å². The molecule has 0 unspecified atom stereocenters. The molecule has 0 aliphatic carbocycles. The number of morpholine rings is 1. The Morgan fingerprint density at radius 1 is 1.03 bits per heavy atom. The predicted octanol–water partition coefficient (Wildman–Crippen LogP) is 3.55. The van der Waals surface area contributed by atoms with E-state index >= 15 is 0 Å². The first-order valence-corrected chi connectivity index (χ1v) is 10.7. The van der Waals surface area contributed by atoms with Crippen LogP contribution < -0.4 is 21.1 Å². The van der Waals surface area contributed by atoms with E-state index in [1.165, 1.54) is 18.3 Å². The lowest BCUT2D eigenvalue weighted by Crippen LogP contribution is -2.36. The van der Waals surface area contributed by atoms with Crippen molar-refractivity contribution in [1.82, 2.24) is 15.0 Å². The Morgan fingerprint density at radius 3 is 2.53 bits per heavy atom. The summed E-state index contributed by atoms with van der Waals surface area (Å²) in [6.07, 6.45) is 2.74. The predicted molar refractivity (Wildman–Crippen MR) is 129 cm³/mol. The van der Waals surface area contributed by atoms with Gasteiger partial charge < -0.3 is 25.3 Å². The quantitative estimate of drug-likeness (QED) is 0.292. The number of pyridine rings is 3. The molecule has 5 rings (SSSR count). The fourth-order valence-corrected chi connectivity index (χ4v) is 3.78. The number of hydrogen-bond acceptors (Lipinski definition) is 9. The van der Waals surface area contributed by atoms with E-state index in [4.69, 9.17) is 4.74 Å². The van der Waals surface area contributed by atoms with Gasteiger partial charge in [-0.05, 0) is 47.9 Å². The Balaban J connectivity index is 1.44. The van der Waals surface area contributed by atoms with Crippen molar-refractivity contribution in [2.24, 2.45) is 0 Å². The van der Waals surface area contributed by atoms with Gasteiger partial charge >= 0.3 is 0 Å². The lowest BCUT2D eigenvalue weighted by molar-refractivity contribution is -0.385. The highest BCUT2D eigenvalue weighted by Gasteiger charge is 2.13. The lowest BCUT2D eigenvalue weighted by Gasteiger charge is -2.28. The van der Waals surface area contributed by atoms with Gasteiger partial charge in [-0.2, -0.15) is 0 Å². The van der Waals surface area contributed by atoms with E-state index < -0.39 is 4.92 Å². The maximum Gasteiger partial charge on any atom is 0.287 e. The van der Waals surface area contributed by atoms with Gasteiger partial charge in [0, 0.05) is 36.7 Å². The maximum atomic E-state index is 12.6. The van der Waals surface area contributed by atoms with E-state index in [2.05, 4.69) is 30.5 Å². The van der Waals surface area contributed by atoms with Gasteiger partial charge in [-0.1, -0.05) is 0 Å². The molecule has 1 aliphatic heterocycles. The summed E-state index contributed by atoms with van der Waals surface area (Å²) in [6, 6.07) is 14.3. The summed E-state index contributed by atoms with van der Waals surface area (Å²) < 4.78 is 5.41. The first kappa shape index (κ1) is 21.3. The van der Waals surface area contributed by atoms with Crippen LogP contribution in [0.2, 0.25) is 0 Å². The number of nitro groups is 1. The van der Waals surface area contributed by atoms with Crippen LogP contribution in [0.25, 0.3) is 10.8 Å². The molecule has 3 N–H and O–H groups in total. The van der Waals surface area contributed by atoms with Gasteiger partial charge in [-0.3, -0.25) is 14.9 Å². The SMILES string of the molecule is O=c1[nH]ccc2cc(Nc3ccc([N+](=O)[O-])cn3)nc(Nc3ccc(N4CCOCC4)cc3)c12. The highest BCUT2D eigenvalue weighted by Crippen LogP contribution is 2.27. The second kappa shape index (κ2) is 9.16. The van der Waals surface area contributed by atoms with Crippen molar-refractivity contribution in [3.05, 3.63) is 81.4 Å². The number of nitrogens with zero attached hydrogens (tertiary/aromatic N) is 4. The van der Waals surface area contributed by atoms with Gasteiger partial charge in [0.1, 0.15) is 23.7 Å². The zero-order valence-electron chi connectivity index (χ0n) is 18.0. The maximum absolute atomic E-state index is 12.6. The standard InChI is InChI=1S/C23H21N7O4/c31-23-21-15(7-8-24-23)13-20(27-19-6-5-18(14-25-19)30(32)33)28-22(21)26-16-1-3-17(4-2-16)29-9-11-34-12-10-29/h1-8,13-14H,9-12H2,(H,24,31)(H2,25,26,27,28). The minimum atomic E-state index is -0.510. The molecule has 1 fully saturated rings. The van der Waals surface area contributed by atoms with Crippen LogP contribution in [0.4, 0.5) is 34.5 Å². The Kier molecular flexibility index (Phi) is 5.75. The monoisotopic (exact) mass is 459 g/mol. The van der Waals surface area contributed by atoms with Crippen molar-refractivity contribution in [3.8, 4) is 0 Å². The normalized spacial score (nSPS) is 13.6. The summed E-state index contributed by atoms with van der Waals surface area (Å²) >= 11 is 0. The number of aromatic nitrogens is 3. The first-order chi connectivity index (χ1) is 16.6. The first-order valence-electron chi connectivity index (χ1n) is 10.7. The van der Waals surface area contributed by atoms with Crippen molar-refractivity contribution >= 4 is 45.3 Å². The Labute approximate surface area is 193 Å². The van der Waals surface area contributed by atoms with Crippen LogP contribution in [0, 0.1) is 10.1 Å².